The lowest BCUT2D eigenvalue weighted by molar-refractivity contribution is -0.110. The Bertz CT molecular complexity index is 912. The molecule has 0 unspecified atom stereocenters. The van der Waals surface area contributed by atoms with Gasteiger partial charge >= 0.3 is 0 Å². The Labute approximate surface area is 153 Å². The maximum absolute atomic E-state index is 11.9. The predicted octanol–water partition coefficient (Wildman–Crippen LogP) is 3.42. The molecular formula is C16H13ClN6OS. The van der Waals surface area contributed by atoms with E-state index in [0.717, 1.165) is 17.4 Å². The topological polar surface area (TPSA) is 85.1 Å². The molecule has 9 heteroatoms. The van der Waals surface area contributed by atoms with E-state index >= 15 is 0 Å². The fourth-order valence-corrected chi connectivity index (χ4v) is 2.79. The predicted molar refractivity (Wildman–Crippen MR) is 98.2 cm³/mol. The molecule has 126 valence electrons. The molecule has 0 aliphatic heterocycles. The number of hydrogen-bond acceptors (Lipinski definition) is 7. The van der Waals surface area contributed by atoms with E-state index in [0.29, 0.717) is 15.9 Å². The van der Waals surface area contributed by atoms with Gasteiger partial charge in [0.2, 0.25) is 5.16 Å². The molecule has 0 saturated heterocycles. The Kier molecular flexibility index (Phi) is 5.42. The summed E-state index contributed by atoms with van der Waals surface area (Å²) in [5, 5.41) is 16.9. The van der Waals surface area contributed by atoms with Gasteiger partial charge < -0.3 is 0 Å². The van der Waals surface area contributed by atoms with Crippen molar-refractivity contribution in [3.63, 3.8) is 0 Å². The number of para-hydroxylation sites is 2. The standard InChI is InChI=1S/C16H13ClN6OS/c1-11(24)15(19-18-14-10-6-5-9-13(14)17)25-16-20-21-22-23(16)12-7-3-2-4-8-12/h2-10,18H,1H3/b19-15-. The molecule has 0 spiro atoms. The minimum Gasteiger partial charge on any atom is -0.292 e. The summed E-state index contributed by atoms with van der Waals surface area (Å²) in [5.41, 5.74) is 4.19. The maximum Gasteiger partial charge on any atom is 0.220 e. The van der Waals surface area contributed by atoms with Gasteiger partial charge in [0, 0.05) is 6.92 Å². The van der Waals surface area contributed by atoms with Crippen molar-refractivity contribution in [1.29, 1.82) is 0 Å². The van der Waals surface area contributed by atoms with Crippen molar-refractivity contribution >= 4 is 39.9 Å². The summed E-state index contributed by atoms with van der Waals surface area (Å²) in [6.45, 7) is 1.43. The summed E-state index contributed by atoms with van der Waals surface area (Å²) in [4.78, 5) is 11.9. The van der Waals surface area contributed by atoms with E-state index in [4.69, 9.17) is 11.6 Å². The van der Waals surface area contributed by atoms with Gasteiger partial charge in [-0.3, -0.25) is 10.2 Å². The number of thioether (sulfide) groups is 1. The van der Waals surface area contributed by atoms with Gasteiger partial charge in [-0.05, 0) is 46.5 Å². The zero-order chi connectivity index (χ0) is 17.6. The highest BCUT2D eigenvalue weighted by molar-refractivity contribution is 8.15. The normalized spacial score (nSPS) is 11.4. The molecule has 0 fully saturated rings. The molecular weight excluding hydrogens is 360 g/mol. The van der Waals surface area contributed by atoms with Crippen LogP contribution >= 0.6 is 23.4 Å². The van der Waals surface area contributed by atoms with Crippen molar-refractivity contribution in [2.24, 2.45) is 5.10 Å². The van der Waals surface area contributed by atoms with Crippen LogP contribution in [0, 0.1) is 0 Å². The number of carbonyl (C=O) groups is 1. The van der Waals surface area contributed by atoms with Crippen molar-refractivity contribution in [2.45, 2.75) is 12.1 Å². The second-order valence-corrected chi connectivity index (χ2v) is 6.24. The number of hydrogen-bond donors (Lipinski definition) is 1. The lowest BCUT2D eigenvalue weighted by atomic mass is 10.3. The molecule has 2 aromatic carbocycles. The summed E-state index contributed by atoms with van der Waals surface area (Å²) in [5.74, 6) is -0.216. The first-order valence-corrected chi connectivity index (χ1v) is 8.45. The van der Waals surface area contributed by atoms with Crippen LogP contribution in [0.3, 0.4) is 0 Å². The lowest BCUT2D eigenvalue weighted by Crippen LogP contribution is -2.10. The van der Waals surface area contributed by atoms with E-state index in [9.17, 15) is 4.79 Å². The van der Waals surface area contributed by atoms with Crippen LogP contribution in [0.25, 0.3) is 5.69 Å². The number of ketones is 1. The number of halogens is 1. The smallest absolute Gasteiger partial charge is 0.220 e. The number of rotatable bonds is 5. The number of benzene rings is 2. The van der Waals surface area contributed by atoms with Gasteiger partial charge in [-0.2, -0.15) is 9.78 Å². The molecule has 0 saturated carbocycles. The molecule has 0 radical (unpaired) electrons. The van der Waals surface area contributed by atoms with Crippen molar-refractivity contribution in [3.05, 3.63) is 59.6 Å². The minimum absolute atomic E-state index is 0.215. The highest BCUT2D eigenvalue weighted by Crippen LogP contribution is 2.23. The summed E-state index contributed by atoms with van der Waals surface area (Å²) < 4.78 is 1.54. The summed E-state index contributed by atoms with van der Waals surface area (Å²) in [6.07, 6.45) is 0. The average molecular weight is 373 g/mol. The Hall–Kier alpha value is -2.71. The van der Waals surface area contributed by atoms with Crippen LogP contribution in [0.1, 0.15) is 6.92 Å². The molecule has 0 aliphatic carbocycles. The van der Waals surface area contributed by atoms with E-state index in [-0.39, 0.29) is 10.8 Å². The molecule has 1 aromatic heterocycles. The zero-order valence-corrected chi connectivity index (χ0v) is 14.7. The first-order chi connectivity index (χ1) is 12.1. The molecule has 7 nitrogen and oxygen atoms in total. The maximum atomic E-state index is 11.9. The summed E-state index contributed by atoms with van der Waals surface area (Å²) in [7, 11) is 0. The first kappa shape index (κ1) is 17.1. The van der Waals surface area contributed by atoms with Crippen LogP contribution in [-0.4, -0.2) is 31.0 Å². The Morgan fingerprint density at radius 1 is 1.16 bits per heavy atom. The number of nitrogens with zero attached hydrogens (tertiary/aromatic N) is 5. The monoisotopic (exact) mass is 372 g/mol. The molecule has 1 heterocycles. The van der Waals surface area contributed by atoms with Crippen molar-refractivity contribution in [1.82, 2.24) is 20.2 Å². The molecule has 3 aromatic rings. The van der Waals surface area contributed by atoms with Crippen molar-refractivity contribution in [2.75, 3.05) is 5.43 Å². The van der Waals surface area contributed by atoms with Crippen LogP contribution in [-0.2, 0) is 4.79 Å². The lowest BCUT2D eigenvalue weighted by Gasteiger charge is -2.06. The second-order valence-electron chi connectivity index (χ2n) is 4.88. The van der Waals surface area contributed by atoms with E-state index < -0.39 is 0 Å². The molecule has 0 aliphatic rings. The van der Waals surface area contributed by atoms with E-state index in [2.05, 4.69) is 26.1 Å². The highest BCUT2D eigenvalue weighted by atomic mass is 35.5. The quantitative estimate of drug-likeness (QED) is 0.319. The molecule has 0 amide bonds. The number of tetrazole rings is 1. The summed E-state index contributed by atoms with van der Waals surface area (Å²) >= 11 is 7.15. The fourth-order valence-electron chi connectivity index (χ4n) is 1.90. The Balaban J connectivity index is 1.84. The van der Waals surface area contributed by atoms with E-state index in [1.807, 2.05) is 42.5 Å². The average Bonchev–Trinajstić information content (AvgIpc) is 3.08. The van der Waals surface area contributed by atoms with Gasteiger partial charge in [-0.1, -0.05) is 41.9 Å². The van der Waals surface area contributed by atoms with E-state index in [1.54, 1.807) is 16.8 Å². The van der Waals surface area contributed by atoms with Crippen LogP contribution in [0.4, 0.5) is 5.69 Å². The zero-order valence-electron chi connectivity index (χ0n) is 13.1. The van der Waals surface area contributed by atoms with Crippen LogP contribution in [0.5, 0.6) is 0 Å². The summed E-state index contributed by atoms with van der Waals surface area (Å²) in [6, 6.07) is 16.5. The van der Waals surface area contributed by atoms with E-state index in [1.165, 1.54) is 6.92 Å². The largest absolute Gasteiger partial charge is 0.292 e. The van der Waals surface area contributed by atoms with Gasteiger partial charge in [0.25, 0.3) is 0 Å². The van der Waals surface area contributed by atoms with Crippen molar-refractivity contribution < 1.29 is 4.79 Å². The molecule has 25 heavy (non-hydrogen) atoms. The first-order valence-electron chi connectivity index (χ1n) is 7.26. The minimum atomic E-state index is -0.216. The van der Waals surface area contributed by atoms with Crippen molar-refractivity contribution in [3.8, 4) is 5.69 Å². The molecule has 0 bridgehead atoms. The molecule has 0 atom stereocenters. The number of hydrazone groups is 1. The fraction of sp³-hybridized carbons (Fsp3) is 0.0625. The van der Waals surface area contributed by atoms with Crippen LogP contribution < -0.4 is 5.43 Å². The number of anilines is 1. The van der Waals surface area contributed by atoms with Gasteiger partial charge in [0.1, 0.15) is 0 Å². The second kappa shape index (κ2) is 7.91. The third kappa shape index (κ3) is 4.23. The Morgan fingerprint density at radius 2 is 1.88 bits per heavy atom. The molecule has 1 N–H and O–H groups in total. The highest BCUT2D eigenvalue weighted by Gasteiger charge is 2.16. The van der Waals surface area contributed by atoms with Crippen LogP contribution in [0.15, 0.2) is 64.9 Å². The Morgan fingerprint density at radius 3 is 2.60 bits per heavy atom. The number of Topliss-reactive ketones (excluding diaryl/α,β-unsaturated/α-hetero) is 1. The van der Waals surface area contributed by atoms with Gasteiger partial charge in [-0.25, -0.2) is 0 Å². The third-order valence-corrected chi connectivity index (χ3v) is 4.42. The number of carbonyl (C=O) groups excluding carboxylic acids is 1. The molecule has 3 rings (SSSR count). The van der Waals surface area contributed by atoms with Gasteiger partial charge in [0.05, 0.1) is 16.4 Å². The van der Waals surface area contributed by atoms with Gasteiger partial charge in [-0.15, -0.1) is 5.10 Å². The van der Waals surface area contributed by atoms with Gasteiger partial charge in [0.15, 0.2) is 10.8 Å². The SMILES string of the molecule is CC(=O)/C(=N/Nc1ccccc1Cl)Sc1nnnn1-c1ccccc1. The number of aromatic nitrogens is 4. The number of nitrogens with one attached hydrogen (secondary N) is 1. The van der Waals surface area contributed by atoms with Crippen LogP contribution in [0.2, 0.25) is 5.02 Å². The third-order valence-electron chi connectivity index (χ3n) is 3.08.